The normalized spacial score (nSPS) is 18.1. The van der Waals surface area contributed by atoms with Gasteiger partial charge in [-0.05, 0) is 43.9 Å². The molecule has 1 aromatic heterocycles. The van der Waals surface area contributed by atoms with E-state index < -0.39 is 22.4 Å². The van der Waals surface area contributed by atoms with Crippen molar-refractivity contribution in [3.05, 3.63) is 52.3 Å². The summed E-state index contributed by atoms with van der Waals surface area (Å²) in [5.74, 6) is 0.397. The van der Waals surface area contributed by atoms with E-state index >= 15 is 0 Å². The molecule has 2 aliphatic rings. The molecule has 2 aromatic rings. The van der Waals surface area contributed by atoms with Gasteiger partial charge in [-0.15, -0.1) is 0 Å². The summed E-state index contributed by atoms with van der Waals surface area (Å²) in [4.78, 5) is 35.6. The van der Waals surface area contributed by atoms with Gasteiger partial charge >= 0.3 is 6.18 Å². The van der Waals surface area contributed by atoms with Crippen molar-refractivity contribution in [1.82, 2.24) is 15.3 Å². The van der Waals surface area contributed by atoms with Crippen LogP contribution in [0, 0.1) is 16.0 Å². The van der Waals surface area contributed by atoms with Crippen LogP contribution in [-0.2, 0) is 11.0 Å². The highest BCUT2D eigenvalue weighted by Gasteiger charge is 2.35. The van der Waals surface area contributed by atoms with Crippen molar-refractivity contribution in [2.45, 2.75) is 37.9 Å². The molecule has 0 aliphatic carbocycles. The van der Waals surface area contributed by atoms with Gasteiger partial charge in [0, 0.05) is 56.6 Å². The molecule has 1 N–H and O–H groups in total. The van der Waals surface area contributed by atoms with Crippen LogP contribution in [0.2, 0.25) is 0 Å². The minimum atomic E-state index is -4.65. The number of nitro benzene ring substituents is 1. The Morgan fingerprint density at radius 1 is 1.03 bits per heavy atom. The van der Waals surface area contributed by atoms with E-state index in [-0.39, 0.29) is 23.6 Å². The number of benzene rings is 1. The number of anilines is 2. The molecular formula is C22H25F3N6O3. The number of aromatic nitrogens is 2. The van der Waals surface area contributed by atoms with Crippen molar-refractivity contribution >= 4 is 23.2 Å². The van der Waals surface area contributed by atoms with Crippen LogP contribution in [0.3, 0.4) is 0 Å². The lowest BCUT2D eigenvalue weighted by molar-refractivity contribution is -0.384. The molecule has 0 atom stereocenters. The molecule has 1 aromatic carbocycles. The lowest BCUT2D eigenvalue weighted by atomic mass is 9.94. The van der Waals surface area contributed by atoms with Crippen molar-refractivity contribution in [2.24, 2.45) is 5.92 Å². The van der Waals surface area contributed by atoms with Gasteiger partial charge in [0.25, 0.3) is 5.69 Å². The Labute approximate surface area is 194 Å². The first kappa shape index (κ1) is 23.7. The Bertz CT molecular complexity index is 1020. The minimum Gasteiger partial charge on any atom is -0.366 e. The zero-order valence-electron chi connectivity index (χ0n) is 18.4. The minimum absolute atomic E-state index is 0.0454. The summed E-state index contributed by atoms with van der Waals surface area (Å²) in [6.07, 6.45) is 1.24. The van der Waals surface area contributed by atoms with Crippen molar-refractivity contribution in [1.29, 1.82) is 0 Å². The van der Waals surface area contributed by atoms with E-state index in [1.165, 1.54) is 0 Å². The molecule has 4 rings (SSSR count). The maximum atomic E-state index is 13.0. The molecule has 2 fully saturated rings. The summed E-state index contributed by atoms with van der Waals surface area (Å²) in [6, 6.07) is 4.39. The Balaban J connectivity index is 1.30. The van der Waals surface area contributed by atoms with Gasteiger partial charge in [-0.25, -0.2) is 9.97 Å². The fourth-order valence-electron chi connectivity index (χ4n) is 4.49. The van der Waals surface area contributed by atoms with Crippen LogP contribution in [0.25, 0.3) is 0 Å². The average molecular weight is 478 g/mol. The van der Waals surface area contributed by atoms with Gasteiger partial charge in [0.2, 0.25) is 11.9 Å². The van der Waals surface area contributed by atoms with E-state index in [4.69, 9.17) is 0 Å². The molecule has 0 unspecified atom stereocenters. The van der Waals surface area contributed by atoms with E-state index in [9.17, 15) is 28.1 Å². The first-order chi connectivity index (χ1) is 16.2. The smallest absolute Gasteiger partial charge is 0.366 e. The van der Waals surface area contributed by atoms with E-state index in [0.29, 0.717) is 37.9 Å². The van der Waals surface area contributed by atoms with Crippen LogP contribution in [0.5, 0.6) is 0 Å². The van der Waals surface area contributed by atoms with Crippen molar-refractivity contribution in [3.8, 4) is 0 Å². The number of piperidine rings is 2. The molecule has 2 saturated heterocycles. The quantitative estimate of drug-likeness (QED) is 0.519. The van der Waals surface area contributed by atoms with E-state index in [1.807, 2.05) is 0 Å². The Kier molecular flexibility index (Phi) is 6.85. The maximum Gasteiger partial charge on any atom is 0.416 e. The first-order valence-corrected chi connectivity index (χ1v) is 11.2. The SMILES string of the molecule is O=C(NC1CCN(c2ncccn2)CC1)C1CCN(c2ccc(C(F)(F)F)cc2[N+](=O)[O-])CC1. The van der Waals surface area contributed by atoms with Gasteiger partial charge < -0.3 is 15.1 Å². The number of hydrogen-bond donors (Lipinski definition) is 1. The van der Waals surface area contributed by atoms with Crippen LogP contribution >= 0.6 is 0 Å². The number of rotatable bonds is 5. The second-order valence-corrected chi connectivity index (χ2v) is 8.54. The molecule has 182 valence electrons. The van der Waals surface area contributed by atoms with Gasteiger partial charge in [0.15, 0.2) is 0 Å². The third-order valence-electron chi connectivity index (χ3n) is 6.38. The fraction of sp³-hybridized carbons (Fsp3) is 0.500. The number of nitrogens with one attached hydrogen (secondary N) is 1. The molecule has 1 amide bonds. The van der Waals surface area contributed by atoms with Gasteiger partial charge in [0.1, 0.15) is 5.69 Å². The maximum absolute atomic E-state index is 13.0. The third-order valence-corrected chi connectivity index (χ3v) is 6.38. The standard InChI is InChI=1S/C22H25F3N6O3/c23-22(24,25)16-2-3-18(19(14-16)31(33)34)29-10-4-15(5-11-29)20(32)28-17-6-12-30(13-7-17)21-26-8-1-9-27-21/h1-3,8-9,14-15,17H,4-7,10-13H2,(H,28,32). The van der Waals surface area contributed by atoms with Crippen molar-refractivity contribution < 1.29 is 22.9 Å². The molecule has 0 spiro atoms. The van der Waals surface area contributed by atoms with Gasteiger partial charge in [-0.3, -0.25) is 14.9 Å². The molecule has 3 heterocycles. The van der Waals surface area contributed by atoms with Gasteiger partial charge in [-0.2, -0.15) is 13.2 Å². The number of hydrogen-bond acceptors (Lipinski definition) is 7. The Morgan fingerprint density at radius 3 is 2.24 bits per heavy atom. The van der Waals surface area contributed by atoms with Crippen LogP contribution in [-0.4, -0.2) is 53.0 Å². The second-order valence-electron chi connectivity index (χ2n) is 8.54. The molecule has 2 aliphatic heterocycles. The third kappa shape index (κ3) is 5.37. The van der Waals surface area contributed by atoms with Crippen molar-refractivity contribution in [2.75, 3.05) is 36.0 Å². The topological polar surface area (TPSA) is 104 Å². The Hall–Kier alpha value is -3.44. The molecule has 9 nitrogen and oxygen atoms in total. The van der Waals surface area contributed by atoms with Crippen LogP contribution < -0.4 is 15.1 Å². The highest BCUT2D eigenvalue weighted by molar-refractivity contribution is 5.79. The largest absolute Gasteiger partial charge is 0.416 e. The van der Waals surface area contributed by atoms with Gasteiger partial charge in [0.05, 0.1) is 10.5 Å². The lowest BCUT2D eigenvalue weighted by Crippen LogP contribution is -2.48. The fourth-order valence-corrected chi connectivity index (χ4v) is 4.49. The van der Waals surface area contributed by atoms with E-state index in [2.05, 4.69) is 20.2 Å². The number of carbonyl (C=O) groups excluding carboxylic acids is 1. The molecule has 0 radical (unpaired) electrons. The predicted octanol–water partition coefficient (Wildman–Crippen LogP) is 3.41. The van der Waals surface area contributed by atoms with Crippen LogP contribution in [0.15, 0.2) is 36.7 Å². The first-order valence-electron chi connectivity index (χ1n) is 11.2. The average Bonchev–Trinajstić information content (AvgIpc) is 2.84. The number of carbonyl (C=O) groups is 1. The van der Waals surface area contributed by atoms with E-state index in [0.717, 1.165) is 38.1 Å². The molecule has 0 bridgehead atoms. The highest BCUT2D eigenvalue weighted by Crippen LogP contribution is 2.37. The summed E-state index contributed by atoms with van der Waals surface area (Å²) in [7, 11) is 0. The summed E-state index contributed by atoms with van der Waals surface area (Å²) in [6.45, 7) is 2.19. The van der Waals surface area contributed by atoms with Crippen molar-refractivity contribution in [3.63, 3.8) is 0 Å². The van der Waals surface area contributed by atoms with Gasteiger partial charge in [-0.1, -0.05) is 0 Å². The highest BCUT2D eigenvalue weighted by atomic mass is 19.4. The molecule has 34 heavy (non-hydrogen) atoms. The molecular weight excluding hydrogens is 453 g/mol. The Morgan fingerprint density at radius 2 is 1.65 bits per heavy atom. The number of alkyl halides is 3. The monoisotopic (exact) mass is 478 g/mol. The van der Waals surface area contributed by atoms with Crippen LogP contribution in [0.4, 0.5) is 30.5 Å². The second kappa shape index (κ2) is 9.82. The number of halogens is 3. The summed E-state index contributed by atoms with van der Waals surface area (Å²) in [5.41, 5.74) is -1.48. The predicted molar refractivity (Wildman–Crippen MR) is 118 cm³/mol. The summed E-state index contributed by atoms with van der Waals surface area (Å²) in [5, 5.41) is 14.5. The van der Waals surface area contributed by atoms with Crippen LogP contribution in [0.1, 0.15) is 31.2 Å². The zero-order chi connectivity index (χ0) is 24.3. The lowest BCUT2D eigenvalue weighted by Gasteiger charge is -2.35. The number of nitrogens with zero attached hydrogens (tertiary/aromatic N) is 5. The number of amides is 1. The summed E-state index contributed by atoms with van der Waals surface area (Å²) < 4.78 is 38.9. The zero-order valence-corrected chi connectivity index (χ0v) is 18.4. The molecule has 0 saturated carbocycles. The summed E-state index contributed by atoms with van der Waals surface area (Å²) >= 11 is 0. The number of nitro groups is 1. The molecule has 12 heteroatoms. The van der Waals surface area contributed by atoms with E-state index in [1.54, 1.807) is 23.4 Å².